The Kier molecular flexibility index (Phi) is 5.72. The number of halogens is 1. The van der Waals surface area contributed by atoms with E-state index < -0.39 is 12.8 Å². The van der Waals surface area contributed by atoms with Crippen LogP contribution in [-0.2, 0) is 9.32 Å². The van der Waals surface area contributed by atoms with E-state index in [4.69, 9.17) is 16.1 Å². The van der Waals surface area contributed by atoms with E-state index >= 15 is 0 Å². The minimum absolute atomic E-state index is 0.225. The molecule has 0 heterocycles. The van der Waals surface area contributed by atoms with E-state index in [1.165, 1.54) is 0 Å². The van der Waals surface area contributed by atoms with E-state index in [0.29, 0.717) is 0 Å². The third kappa shape index (κ3) is 3.04. The Bertz CT molecular complexity index is 947. The van der Waals surface area contributed by atoms with Crippen LogP contribution in [0.4, 0.5) is 0 Å². The molecule has 2 nitrogen and oxygen atoms in total. The average molecular weight is 433 g/mol. The first-order valence-corrected chi connectivity index (χ1v) is 12.4. The zero-order valence-corrected chi connectivity index (χ0v) is 18.0. The summed E-state index contributed by atoms with van der Waals surface area (Å²) in [6, 6.07) is 40.2. The molecule has 0 bridgehead atoms. The molecule has 0 aliphatic rings. The third-order valence-corrected chi connectivity index (χ3v) is 11.3. The molecular formula is C26H22ClO2P. The molecule has 0 radical (unpaired) electrons. The first-order chi connectivity index (χ1) is 14.7. The Labute approximate surface area is 182 Å². The van der Waals surface area contributed by atoms with Crippen LogP contribution in [-0.4, -0.2) is 11.8 Å². The summed E-state index contributed by atoms with van der Waals surface area (Å²) in [5, 5.41) is 3.80. The van der Waals surface area contributed by atoms with Gasteiger partial charge in [-0.1, -0.05) is 0 Å². The maximum absolute atomic E-state index is 13.0. The Hall–Kier alpha value is -2.93. The normalized spacial score (nSPS) is 12.5. The van der Waals surface area contributed by atoms with Crippen LogP contribution in [0.25, 0.3) is 0 Å². The summed E-state index contributed by atoms with van der Waals surface area (Å²) in [5.74, 6) is -0.674. The van der Waals surface area contributed by atoms with Crippen LogP contribution < -0.4 is 21.2 Å². The van der Waals surface area contributed by atoms with Gasteiger partial charge in [-0.2, -0.15) is 0 Å². The van der Waals surface area contributed by atoms with E-state index in [9.17, 15) is 4.79 Å². The standard InChI is InChI=1S/C26H22ClO2P/c27-21-26(28)29-30(22-13-5-1-6-14-22,23-15-7-2-8-16-23,24-17-9-3-10-18-24)25-19-11-4-12-20-25/h1-20H,21H2. The first kappa shape index (κ1) is 20.3. The molecule has 0 aromatic heterocycles. The fourth-order valence-electron chi connectivity index (χ4n) is 4.18. The van der Waals surface area contributed by atoms with Crippen molar-refractivity contribution in [1.29, 1.82) is 0 Å². The monoisotopic (exact) mass is 432 g/mol. The van der Waals surface area contributed by atoms with Gasteiger partial charge in [0.15, 0.2) is 0 Å². The van der Waals surface area contributed by atoms with Gasteiger partial charge in [0.2, 0.25) is 0 Å². The molecule has 0 spiro atoms. The van der Waals surface area contributed by atoms with Crippen LogP contribution in [0.2, 0.25) is 0 Å². The maximum atomic E-state index is 13.0. The van der Waals surface area contributed by atoms with Crippen LogP contribution in [0.5, 0.6) is 0 Å². The predicted molar refractivity (Wildman–Crippen MR) is 128 cm³/mol. The molecule has 0 atom stereocenters. The van der Waals surface area contributed by atoms with Crippen molar-refractivity contribution in [2.24, 2.45) is 0 Å². The molecule has 30 heavy (non-hydrogen) atoms. The zero-order valence-electron chi connectivity index (χ0n) is 16.4. The molecule has 150 valence electrons. The van der Waals surface area contributed by atoms with Crippen LogP contribution >= 0.6 is 18.4 Å². The van der Waals surface area contributed by atoms with Crippen molar-refractivity contribution >= 4 is 45.6 Å². The summed E-state index contributed by atoms with van der Waals surface area (Å²) >= 11 is 6.02. The third-order valence-electron chi connectivity index (χ3n) is 5.39. The van der Waals surface area contributed by atoms with Crippen LogP contribution in [0, 0.1) is 0 Å². The second-order valence-corrected chi connectivity index (χ2v) is 11.6. The summed E-state index contributed by atoms with van der Waals surface area (Å²) in [5.41, 5.74) is 0. The second-order valence-electron chi connectivity index (χ2n) is 6.98. The second kappa shape index (κ2) is 8.44. The van der Waals surface area contributed by atoms with E-state index in [1.54, 1.807) is 0 Å². The summed E-state index contributed by atoms with van der Waals surface area (Å²) in [6.07, 6.45) is 0. The zero-order chi connectivity index (χ0) is 20.9. The van der Waals surface area contributed by atoms with Crippen molar-refractivity contribution < 1.29 is 9.32 Å². The number of carbonyl (C=O) groups is 1. The van der Waals surface area contributed by atoms with Gasteiger partial charge in [0.25, 0.3) is 0 Å². The fraction of sp³-hybridized carbons (Fsp3) is 0.0385. The van der Waals surface area contributed by atoms with E-state index in [1.807, 2.05) is 121 Å². The van der Waals surface area contributed by atoms with Gasteiger partial charge < -0.3 is 0 Å². The van der Waals surface area contributed by atoms with Gasteiger partial charge in [0, 0.05) is 0 Å². The van der Waals surface area contributed by atoms with Crippen LogP contribution in [0.1, 0.15) is 0 Å². The Morgan fingerprint density at radius 1 is 0.567 bits per heavy atom. The van der Waals surface area contributed by atoms with Crippen molar-refractivity contribution in [2.45, 2.75) is 0 Å². The molecule has 0 aliphatic heterocycles. The molecular weight excluding hydrogens is 411 g/mol. The minimum atomic E-state index is -3.89. The molecule has 4 aromatic carbocycles. The van der Waals surface area contributed by atoms with Crippen molar-refractivity contribution in [1.82, 2.24) is 0 Å². The molecule has 0 fully saturated rings. The van der Waals surface area contributed by atoms with E-state index in [-0.39, 0.29) is 5.88 Å². The molecule has 4 rings (SSSR count). The van der Waals surface area contributed by atoms with Crippen molar-refractivity contribution in [3.05, 3.63) is 121 Å². The quantitative estimate of drug-likeness (QED) is 0.330. The van der Waals surface area contributed by atoms with Crippen molar-refractivity contribution in [2.75, 3.05) is 5.88 Å². The molecule has 4 heteroatoms. The molecule has 0 saturated heterocycles. The van der Waals surface area contributed by atoms with E-state index in [0.717, 1.165) is 21.2 Å². The number of rotatable bonds is 6. The van der Waals surface area contributed by atoms with Crippen molar-refractivity contribution in [3.8, 4) is 0 Å². The summed E-state index contributed by atoms with van der Waals surface area (Å²) in [6.45, 7) is -3.89. The molecule has 0 unspecified atom stereocenters. The molecule has 4 aromatic rings. The number of hydrogen-bond donors (Lipinski definition) is 0. The van der Waals surface area contributed by atoms with E-state index in [2.05, 4.69) is 0 Å². The van der Waals surface area contributed by atoms with Gasteiger partial charge in [-0.3, -0.25) is 0 Å². The van der Waals surface area contributed by atoms with Gasteiger partial charge in [-0.05, 0) is 0 Å². The Morgan fingerprint density at radius 2 is 0.833 bits per heavy atom. The summed E-state index contributed by atoms with van der Waals surface area (Å²) in [4.78, 5) is 13.0. The number of alkyl halides is 1. The van der Waals surface area contributed by atoms with Gasteiger partial charge in [0.1, 0.15) is 0 Å². The molecule has 0 N–H and O–H groups in total. The molecule has 0 aliphatic carbocycles. The Balaban J connectivity index is 2.29. The van der Waals surface area contributed by atoms with Gasteiger partial charge in [-0.25, -0.2) is 0 Å². The van der Waals surface area contributed by atoms with Gasteiger partial charge >= 0.3 is 182 Å². The molecule has 0 saturated carbocycles. The number of carbonyl (C=O) groups excluding carboxylic acids is 1. The van der Waals surface area contributed by atoms with Crippen LogP contribution in [0.3, 0.4) is 0 Å². The van der Waals surface area contributed by atoms with Crippen LogP contribution in [0.15, 0.2) is 121 Å². The average Bonchev–Trinajstić information content (AvgIpc) is 2.85. The van der Waals surface area contributed by atoms with Gasteiger partial charge in [0.05, 0.1) is 0 Å². The number of benzene rings is 4. The molecule has 0 amide bonds. The topological polar surface area (TPSA) is 26.3 Å². The Morgan fingerprint density at radius 3 is 1.07 bits per heavy atom. The van der Waals surface area contributed by atoms with Gasteiger partial charge in [-0.15, -0.1) is 0 Å². The first-order valence-electron chi connectivity index (χ1n) is 9.75. The SMILES string of the molecule is O=C(CCl)OP(c1ccccc1)(c1ccccc1)(c1ccccc1)c1ccccc1. The number of hydrogen-bond acceptors (Lipinski definition) is 2. The van der Waals surface area contributed by atoms with Crippen molar-refractivity contribution in [3.63, 3.8) is 0 Å². The predicted octanol–water partition coefficient (Wildman–Crippen LogP) is 4.54. The summed E-state index contributed by atoms with van der Waals surface area (Å²) < 4.78 is 6.68. The summed E-state index contributed by atoms with van der Waals surface area (Å²) in [7, 11) is 0. The fourth-order valence-corrected chi connectivity index (χ4v) is 9.96.